The molecule has 0 bridgehead atoms. The number of halogens is 2. The Morgan fingerprint density at radius 1 is 1.44 bits per heavy atom. The maximum Gasteiger partial charge on any atom is 0.250 e. The zero-order valence-electron chi connectivity index (χ0n) is 9.93. The van der Waals surface area contributed by atoms with E-state index in [1.54, 1.807) is 0 Å². The summed E-state index contributed by atoms with van der Waals surface area (Å²) >= 11 is 0. The number of carbonyl (C=O) groups is 1. The number of ether oxygens (including phenoxy) is 1. The quantitative estimate of drug-likeness (QED) is 0.853. The number of benzene rings is 1. The fourth-order valence-electron chi connectivity index (χ4n) is 1.59. The number of anilines is 1. The Balaban J connectivity index is 1.85. The van der Waals surface area contributed by atoms with Gasteiger partial charge < -0.3 is 15.4 Å². The van der Waals surface area contributed by atoms with Crippen LogP contribution in [0.2, 0.25) is 0 Å². The normalized spacial score (nSPS) is 17.1. The first kappa shape index (κ1) is 12.9. The number of hydrogen-bond acceptors (Lipinski definition) is 3. The monoisotopic (exact) mass is 256 g/mol. The molecule has 1 fully saturated rings. The minimum absolute atomic E-state index is 0.114. The molecule has 0 aromatic heterocycles. The Morgan fingerprint density at radius 2 is 2.17 bits per heavy atom. The number of nitrogens with one attached hydrogen (secondary N) is 2. The predicted molar refractivity (Wildman–Crippen MR) is 62.2 cm³/mol. The third kappa shape index (κ3) is 3.02. The lowest BCUT2D eigenvalue weighted by atomic mass is 10.0. The highest BCUT2D eigenvalue weighted by atomic mass is 19.2. The van der Waals surface area contributed by atoms with E-state index >= 15 is 0 Å². The van der Waals surface area contributed by atoms with E-state index in [1.165, 1.54) is 6.07 Å². The highest BCUT2D eigenvalue weighted by Gasteiger charge is 2.32. The van der Waals surface area contributed by atoms with Crippen molar-refractivity contribution in [2.24, 2.45) is 0 Å². The molecule has 0 radical (unpaired) electrons. The number of amides is 1. The van der Waals surface area contributed by atoms with Gasteiger partial charge in [-0.2, -0.15) is 0 Å². The maximum atomic E-state index is 12.9. The first-order valence-electron chi connectivity index (χ1n) is 5.58. The van der Waals surface area contributed by atoms with Crippen LogP contribution in [0.4, 0.5) is 14.5 Å². The Hall–Kier alpha value is -1.53. The van der Waals surface area contributed by atoms with Crippen LogP contribution < -0.4 is 10.6 Å². The molecule has 1 aromatic rings. The summed E-state index contributed by atoms with van der Waals surface area (Å²) in [5, 5.41) is 5.48. The molecule has 4 nitrogen and oxygen atoms in total. The highest BCUT2D eigenvalue weighted by molar-refractivity contribution is 5.91. The maximum absolute atomic E-state index is 12.9. The van der Waals surface area contributed by atoms with Crippen molar-refractivity contribution in [2.45, 2.75) is 12.5 Å². The molecule has 18 heavy (non-hydrogen) atoms. The lowest BCUT2D eigenvalue weighted by Gasteiger charge is -2.38. The molecular formula is C12H14F2N2O2. The molecule has 2 N–H and O–H groups in total. The predicted octanol–water partition coefficient (Wildman–Crippen LogP) is 1.28. The van der Waals surface area contributed by atoms with Crippen LogP contribution in [-0.2, 0) is 9.53 Å². The van der Waals surface area contributed by atoms with Crippen molar-refractivity contribution in [3.8, 4) is 0 Å². The smallest absolute Gasteiger partial charge is 0.250 e. The molecule has 0 unspecified atom stereocenters. The highest BCUT2D eigenvalue weighted by Crippen LogP contribution is 2.16. The van der Waals surface area contributed by atoms with Crippen molar-refractivity contribution in [1.82, 2.24) is 5.32 Å². The topological polar surface area (TPSA) is 50.4 Å². The van der Waals surface area contributed by atoms with Gasteiger partial charge in [0.25, 0.3) is 0 Å². The molecule has 0 saturated carbocycles. The summed E-state index contributed by atoms with van der Waals surface area (Å²) in [7, 11) is 0. The number of rotatable bonds is 4. The van der Waals surface area contributed by atoms with Gasteiger partial charge in [0.2, 0.25) is 5.91 Å². The molecule has 1 aliphatic heterocycles. The van der Waals surface area contributed by atoms with Crippen molar-refractivity contribution in [3.63, 3.8) is 0 Å². The van der Waals surface area contributed by atoms with Crippen molar-refractivity contribution in [2.75, 3.05) is 25.0 Å². The second-order valence-corrected chi connectivity index (χ2v) is 4.52. The molecule has 0 aliphatic carbocycles. The van der Waals surface area contributed by atoms with Crippen LogP contribution in [0.5, 0.6) is 0 Å². The van der Waals surface area contributed by atoms with Gasteiger partial charge in [-0.1, -0.05) is 0 Å². The van der Waals surface area contributed by atoms with Gasteiger partial charge in [-0.15, -0.1) is 0 Å². The molecule has 98 valence electrons. The zero-order valence-corrected chi connectivity index (χ0v) is 9.93. The Bertz CT molecular complexity index is 461. The van der Waals surface area contributed by atoms with Crippen LogP contribution in [0.15, 0.2) is 18.2 Å². The van der Waals surface area contributed by atoms with Crippen molar-refractivity contribution in [3.05, 3.63) is 29.8 Å². The van der Waals surface area contributed by atoms with E-state index in [1.807, 2.05) is 6.92 Å². The summed E-state index contributed by atoms with van der Waals surface area (Å²) in [6.45, 7) is 3.18. The van der Waals surface area contributed by atoms with Gasteiger partial charge >= 0.3 is 0 Å². The molecule has 1 saturated heterocycles. The van der Waals surface area contributed by atoms with Gasteiger partial charge in [0.1, 0.15) is 6.61 Å². The minimum atomic E-state index is -0.996. The van der Waals surface area contributed by atoms with Gasteiger partial charge in [0.15, 0.2) is 11.6 Å². The van der Waals surface area contributed by atoms with Crippen molar-refractivity contribution >= 4 is 11.6 Å². The summed E-state index contributed by atoms with van der Waals surface area (Å²) in [5.74, 6) is -2.34. The van der Waals surface area contributed by atoms with Crippen LogP contribution in [-0.4, -0.2) is 31.2 Å². The van der Waals surface area contributed by atoms with Gasteiger partial charge in [-0.25, -0.2) is 8.78 Å². The van der Waals surface area contributed by atoms with Gasteiger partial charge in [0.05, 0.1) is 5.60 Å². The first-order chi connectivity index (χ1) is 8.48. The summed E-state index contributed by atoms with van der Waals surface area (Å²) in [6.07, 6.45) is 0. The second kappa shape index (κ2) is 4.99. The molecule has 1 aromatic carbocycles. The summed E-state index contributed by atoms with van der Waals surface area (Å²) < 4.78 is 31.0. The Labute approximate surface area is 103 Å². The molecule has 1 heterocycles. The Morgan fingerprint density at radius 3 is 2.72 bits per heavy atom. The van der Waals surface area contributed by atoms with Gasteiger partial charge in [-0.3, -0.25) is 4.79 Å². The number of carbonyl (C=O) groups excluding carboxylic acids is 1. The molecule has 2 rings (SSSR count). The third-order valence-corrected chi connectivity index (χ3v) is 2.75. The Kier molecular flexibility index (Phi) is 3.58. The van der Waals surface area contributed by atoms with E-state index in [0.717, 1.165) is 12.1 Å². The number of hydrogen-bond donors (Lipinski definition) is 2. The summed E-state index contributed by atoms with van der Waals surface area (Å²) in [5.41, 5.74) is -0.106. The molecule has 1 amide bonds. The standard InChI is InChI=1S/C12H14F2N2O2/c1-12(6-15-7-12)18-5-11(17)16-8-2-3-9(13)10(14)4-8/h2-4,15H,5-7H2,1H3,(H,16,17). The zero-order chi connectivity index (χ0) is 13.2. The van der Waals surface area contributed by atoms with E-state index in [2.05, 4.69) is 10.6 Å². The van der Waals surface area contributed by atoms with Crippen LogP contribution in [0.3, 0.4) is 0 Å². The van der Waals surface area contributed by atoms with Crippen LogP contribution >= 0.6 is 0 Å². The fourth-order valence-corrected chi connectivity index (χ4v) is 1.59. The molecule has 6 heteroatoms. The lowest BCUT2D eigenvalue weighted by Crippen LogP contribution is -2.59. The average molecular weight is 256 g/mol. The van der Waals surface area contributed by atoms with Crippen molar-refractivity contribution in [1.29, 1.82) is 0 Å². The molecule has 0 spiro atoms. The van der Waals surface area contributed by atoms with Gasteiger partial charge in [0, 0.05) is 24.8 Å². The lowest BCUT2D eigenvalue weighted by molar-refractivity contribution is -0.130. The van der Waals surface area contributed by atoms with E-state index in [0.29, 0.717) is 13.1 Å². The second-order valence-electron chi connectivity index (χ2n) is 4.52. The van der Waals surface area contributed by atoms with E-state index in [-0.39, 0.29) is 17.9 Å². The molecular weight excluding hydrogens is 242 g/mol. The molecule has 1 aliphatic rings. The van der Waals surface area contributed by atoms with Crippen LogP contribution in [0.1, 0.15) is 6.92 Å². The third-order valence-electron chi connectivity index (χ3n) is 2.75. The van der Waals surface area contributed by atoms with Gasteiger partial charge in [-0.05, 0) is 19.1 Å². The van der Waals surface area contributed by atoms with E-state index in [9.17, 15) is 13.6 Å². The van der Waals surface area contributed by atoms with Crippen molar-refractivity contribution < 1.29 is 18.3 Å². The summed E-state index contributed by atoms with van der Waals surface area (Å²) in [4.78, 5) is 11.5. The average Bonchev–Trinajstić information content (AvgIpc) is 2.29. The van der Waals surface area contributed by atoms with E-state index in [4.69, 9.17) is 4.74 Å². The fraction of sp³-hybridized carbons (Fsp3) is 0.417. The largest absolute Gasteiger partial charge is 0.363 e. The van der Waals surface area contributed by atoms with Crippen LogP contribution in [0, 0.1) is 11.6 Å². The summed E-state index contributed by atoms with van der Waals surface area (Å²) in [6, 6.07) is 3.19. The van der Waals surface area contributed by atoms with E-state index < -0.39 is 17.5 Å². The first-order valence-corrected chi connectivity index (χ1v) is 5.58. The van der Waals surface area contributed by atoms with Crippen LogP contribution in [0.25, 0.3) is 0 Å². The minimum Gasteiger partial charge on any atom is -0.363 e. The SMILES string of the molecule is CC1(OCC(=O)Nc2ccc(F)c(F)c2)CNC1. The molecule has 0 atom stereocenters.